The van der Waals surface area contributed by atoms with Crippen LogP contribution in [0.1, 0.15) is 76.9 Å². The molecule has 4 rings (SSSR count). The summed E-state index contributed by atoms with van der Waals surface area (Å²) in [5, 5.41) is 7.02. The molecule has 1 aliphatic carbocycles. The predicted octanol–water partition coefficient (Wildman–Crippen LogP) is 6.97. The first-order valence-electron chi connectivity index (χ1n) is 14.5. The van der Waals surface area contributed by atoms with Crippen molar-refractivity contribution >= 4 is 34.6 Å². The summed E-state index contributed by atoms with van der Waals surface area (Å²) in [5.41, 5.74) is 6.27. The molecule has 11 heteroatoms. The Morgan fingerprint density at radius 1 is 1.14 bits per heavy atom. The number of fused-ring (bicyclic) bond motifs is 1. The minimum atomic E-state index is -3.88. The third kappa shape index (κ3) is 8.76. The van der Waals surface area contributed by atoms with Crippen LogP contribution in [0.5, 0.6) is 5.75 Å². The number of ketones is 1. The van der Waals surface area contributed by atoms with Crippen LogP contribution in [0.3, 0.4) is 0 Å². The van der Waals surface area contributed by atoms with Gasteiger partial charge in [0.15, 0.2) is 5.78 Å². The zero-order valence-corrected chi connectivity index (χ0v) is 25.9. The highest BCUT2D eigenvalue weighted by Gasteiger charge is 2.23. The summed E-state index contributed by atoms with van der Waals surface area (Å²) in [4.78, 5) is 29.3. The van der Waals surface area contributed by atoms with Gasteiger partial charge in [-0.1, -0.05) is 38.1 Å². The third-order valence-corrected chi connectivity index (χ3v) is 8.43. The van der Waals surface area contributed by atoms with E-state index in [1.807, 2.05) is 18.2 Å². The number of pyridine rings is 1. The number of hydrogen-bond donors (Lipinski definition) is 5. The van der Waals surface area contributed by atoms with E-state index >= 15 is 0 Å². The quantitative estimate of drug-likeness (QED) is 0.0560. The summed E-state index contributed by atoms with van der Waals surface area (Å²) >= 11 is 0. The lowest BCUT2D eigenvalue weighted by molar-refractivity contribution is 0.0931. The lowest BCUT2D eigenvalue weighted by atomic mass is 9.86. The molecule has 0 saturated heterocycles. The highest BCUT2D eigenvalue weighted by molar-refractivity contribution is 8.19. The Bertz CT molecular complexity index is 1520. The van der Waals surface area contributed by atoms with Crippen molar-refractivity contribution in [2.24, 2.45) is 10.5 Å². The van der Waals surface area contributed by atoms with Crippen molar-refractivity contribution in [2.45, 2.75) is 57.3 Å². The molecule has 2 aromatic carbocycles. The largest absolute Gasteiger partial charge is 0.493 e. The average Bonchev–Trinajstić information content (AvgIpc) is 2.99. The second-order valence-electron chi connectivity index (χ2n) is 11.5. The molecule has 3 aromatic rings. The first kappa shape index (κ1) is 32.9. The molecule has 0 atom stereocenters. The monoisotopic (exact) mass is 620 g/mol. The normalized spacial score (nSPS) is 13.8. The number of carbonyl (C=O) groups is 2. The molecule has 10 nitrogen and oxygen atoms in total. The van der Waals surface area contributed by atoms with Crippen LogP contribution in [0.15, 0.2) is 77.4 Å². The van der Waals surface area contributed by atoms with E-state index in [0.717, 1.165) is 48.1 Å². The summed E-state index contributed by atoms with van der Waals surface area (Å²) in [5.74, 6) is 1.16. The minimum absolute atomic E-state index is 0.0354. The van der Waals surface area contributed by atoms with Gasteiger partial charge < -0.3 is 23.7 Å². The number of hydrazone groups is 1. The van der Waals surface area contributed by atoms with E-state index in [1.165, 1.54) is 18.5 Å². The predicted molar refractivity (Wildman–Crippen MR) is 174 cm³/mol. The summed E-state index contributed by atoms with van der Waals surface area (Å²) in [6.45, 7) is 9.07. The van der Waals surface area contributed by atoms with E-state index in [4.69, 9.17) is 4.74 Å². The van der Waals surface area contributed by atoms with Crippen LogP contribution < -0.4 is 15.5 Å². The van der Waals surface area contributed by atoms with E-state index in [9.17, 15) is 23.2 Å². The number of rotatable bonds is 14. The maximum Gasteiger partial charge on any atom is 0.252 e. The van der Waals surface area contributed by atoms with Crippen LogP contribution in [-0.4, -0.2) is 49.7 Å². The number of carbonyl (C=O) groups excluding carboxylic acids is 2. The van der Waals surface area contributed by atoms with Gasteiger partial charge in [-0.15, -0.1) is 6.58 Å². The number of amides is 1. The second-order valence-corrected chi connectivity index (χ2v) is 13.0. The van der Waals surface area contributed by atoms with Crippen molar-refractivity contribution in [3.63, 3.8) is 0 Å². The molecule has 44 heavy (non-hydrogen) atoms. The van der Waals surface area contributed by atoms with Gasteiger partial charge in [0, 0.05) is 35.9 Å². The molecule has 0 unspecified atom stereocenters. The van der Waals surface area contributed by atoms with E-state index in [0.29, 0.717) is 42.9 Å². The zero-order chi connectivity index (χ0) is 31.7. The van der Waals surface area contributed by atoms with Crippen LogP contribution >= 0.6 is 10.9 Å². The summed E-state index contributed by atoms with van der Waals surface area (Å²) in [6, 6.07) is 13.3. The SMILES string of the molecule is C=CCc1c(OCCCC(C)(C)CNC(=O)c2ccc(N/N=C/c3ccccc3S(O)(O)O)nc2)ccc2c1CCCC2=O. The first-order chi connectivity index (χ1) is 21.0. The van der Waals surface area contributed by atoms with E-state index in [-0.39, 0.29) is 22.0 Å². The van der Waals surface area contributed by atoms with Gasteiger partial charge in [-0.2, -0.15) is 5.10 Å². The molecule has 0 fully saturated rings. The fourth-order valence-electron chi connectivity index (χ4n) is 5.12. The van der Waals surface area contributed by atoms with Gasteiger partial charge in [0.25, 0.3) is 5.91 Å². The van der Waals surface area contributed by atoms with Crippen LogP contribution in [0.4, 0.5) is 5.82 Å². The Morgan fingerprint density at radius 3 is 2.66 bits per heavy atom. The minimum Gasteiger partial charge on any atom is -0.493 e. The number of Topliss-reactive ketones (excluding diaryl/α,β-unsaturated/α-hetero) is 1. The smallest absolute Gasteiger partial charge is 0.252 e. The number of hydrogen-bond acceptors (Lipinski definition) is 9. The zero-order valence-electron chi connectivity index (χ0n) is 25.1. The Labute approximate surface area is 259 Å². The van der Waals surface area contributed by atoms with Crippen molar-refractivity contribution in [3.8, 4) is 5.75 Å². The molecule has 0 radical (unpaired) electrons. The van der Waals surface area contributed by atoms with Gasteiger partial charge in [0.05, 0.1) is 23.3 Å². The molecule has 0 aliphatic heterocycles. The summed E-state index contributed by atoms with van der Waals surface area (Å²) in [7, 11) is -3.88. The number of anilines is 1. The lowest BCUT2D eigenvalue weighted by Crippen LogP contribution is -2.34. The standard InChI is InChI=1S/C33H40N4O6S/c1-4-9-27-25-11-7-12-28(38)26(25)15-16-29(27)43-19-8-18-33(2,3)22-35-32(39)24-14-17-31(34-20-24)37-36-21-23-10-5-6-13-30(23)44(40,41)42/h4-6,10,13-17,20-21,40-42H,1,7-9,11-12,18-19,22H2,2-3H3,(H,34,37)(H,35,39)/b36-21+. The maximum absolute atomic E-state index is 12.8. The number of benzene rings is 2. The van der Waals surface area contributed by atoms with Crippen LogP contribution in [0.25, 0.3) is 0 Å². The van der Waals surface area contributed by atoms with E-state index in [1.54, 1.807) is 30.3 Å². The van der Waals surface area contributed by atoms with Crippen molar-refractivity contribution in [3.05, 3.63) is 95.2 Å². The molecule has 234 valence electrons. The number of nitrogens with zero attached hydrogens (tertiary/aromatic N) is 2. The molecule has 5 N–H and O–H groups in total. The number of aromatic nitrogens is 1. The van der Waals surface area contributed by atoms with Gasteiger partial charge in [0.1, 0.15) is 22.4 Å². The molecule has 0 saturated carbocycles. The molecular formula is C33H40N4O6S. The Kier molecular flexibility index (Phi) is 10.9. The molecular weight excluding hydrogens is 580 g/mol. The van der Waals surface area contributed by atoms with E-state index in [2.05, 4.69) is 41.3 Å². The number of nitrogens with one attached hydrogen (secondary N) is 2. The average molecular weight is 621 g/mol. The van der Waals surface area contributed by atoms with E-state index < -0.39 is 10.9 Å². The van der Waals surface area contributed by atoms with Crippen molar-refractivity contribution in [2.75, 3.05) is 18.6 Å². The molecule has 0 bridgehead atoms. The highest BCUT2D eigenvalue weighted by atomic mass is 32.3. The maximum atomic E-state index is 12.8. The highest BCUT2D eigenvalue weighted by Crippen LogP contribution is 2.44. The topological polar surface area (TPSA) is 153 Å². The second kappa shape index (κ2) is 14.6. The van der Waals surface area contributed by atoms with Gasteiger partial charge in [-0.05, 0) is 73.4 Å². The summed E-state index contributed by atoms with van der Waals surface area (Å²) < 4.78 is 34.9. The summed E-state index contributed by atoms with van der Waals surface area (Å²) in [6.07, 6.45) is 9.28. The third-order valence-electron chi connectivity index (χ3n) is 7.47. The van der Waals surface area contributed by atoms with Gasteiger partial charge >= 0.3 is 0 Å². The number of ether oxygens (including phenoxy) is 1. The Hall–Kier alpha value is -4.03. The Morgan fingerprint density at radius 2 is 1.93 bits per heavy atom. The van der Waals surface area contributed by atoms with Crippen molar-refractivity contribution in [1.82, 2.24) is 10.3 Å². The van der Waals surface area contributed by atoms with Crippen molar-refractivity contribution < 1.29 is 28.0 Å². The Balaban J connectivity index is 1.24. The van der Waals surface area contributed by atoms with Gasteiger partial charge in [0.2, 0.25) is 0 Å². The van der Waals surface area contributed by atoms with Gasteiger partial charge in [-0.3, -0.25) is 15.0 Å². The van der Waals surface area contributed by atoms with Gasteiger partial charge in [-0.25, -0.2) is 4.98 Å². The lowest BCUT2D eigenvalue weighted by Gasteiger charge is -2.25. The first-order valence-corrected chi connectivity index (χ1v) is 16.0. The molecule has 1 heterocycles. The molecule has 1 amide bonds. The van der Waals surface area contributed by atoms with Crippen LogP contribution in [-0.2, 0) is 12.8 Å². The van der Waals surface area contributed by atoms with Crippen LogP contribution in [0.2, 0.25) is 0 Å². The molecule has 0 spiro atoms. The van der Waals surface area contributed by atoms with Crippen molar-refractivity contribution in [1.29, 1.82) is 0 Å². The number of allylic oxidation sites excluding steroid dienone is 1. The molecule has 1 aliphatic rings. The fraction of sp³-hybridized carbons (Fsp3) is 0.333. The van der Waals surface area contributed by atoms with Crippen LogP contribution in [0, 0.1) is 5.41 Å². The molecule has 1 aromatic heterocycles. The fourth-order valence-corrected chi connectivity index (χ4v) is 5.82.